The minimum atomic E-state index is 0.553. The van der Waals surface area contributed by atoms with Gasteiger partial charge >= 0.3 is 0 Å². The van der Waals surface area contributed by atoms with Crippen molar-refractivity contribution < 1.29 is 4.74 Å². The molecule has 1 fully saturated rings. The van der Waals surface area contributed by atoms with Gasteiger partial charge in [0.2, 0.25) is 0 Å². The first-order chi connectivity index (χ1) is 11.1. The Labute approximate surface area is 144 Å². The average Bonchev–Trinajstić information content (AvgIpc) is 2.51. The number of benzene rings is 1. The zero-order valence-corrected chi connectivity index (χ0v) is 15.0. The topological polar surface area (TPSA) is 48.9 Å². The summed E-state index contributed by atoms with van der Waals surface area (Å²) in [6.07, 6.45) is 1.83. The second-order valence-electron chi connectivity index (χ2n) is 5.89. The van der Waals surface area contributed by atoms with E-state index in [-0.39, 0.29) is 0 Å². The minimum absolute atomic E-state index is 0.553. The zero-order valence-electron chi connectivity index (χ0n) is 14.2. The first kappa shape index (κ1) is 17.8. The second-order valence-corrected chi connectivity index (χ2v) is 6.30. The van der Waals surface area contributed by atoms with Crippen molar-refractivity contribution in [3.63, 3.8) is 0 Å². The van der Waals surface area contributed by atoms with Gasteiger partial charge in [-0.15, -0.1) is 0 Å². The summed E-state index contributed by atoms with van der Waals surface area (Å²) in [6, 6.07) is 4.32. The van der Waals surface area contributed by atoms with E-state index in [4.69, 9.17) is 17.0 Å². The smallest absolute Gasteiger partial charge is 0.187 e. The van der Waals surface area contributed by atoms with E-state index in [0.717, 1.165) is 45.0 Å². The summed E-state index contributed by atoms with van der Waals surface area (Å²) in [5.41, 5.74) is 7.73. The van der Waals surface area contributed by atoms with Crippen molar-refractivity contribution in [2.45, 2.75) is 20.8 Å². The Kier molecular flexibility index (Phi) is 6.95. The third kappa shape index (κ3) is 5.89. The predicted octanol–water partition coefficient (Wildman–Crippen LogP) is 1.74. The van der Waals surface area contributed by atoms with Crippen molar-refractivity contribution in [1.29, 1.82) is 0 Å². The van der Waals surface area contributed by atoms with Crippen LogP contribution in [0.15, 0.2) is 17.2 Å². The second kappa shape index (κ2) is 8.96. The van der Waals surface area contributed by atoms with Crippen LogP contribution in [0.3, 0.4) is 0 Å². The first-order valence-electron chi connectivity index (χ1n) is 8.01. The maximum absolute atomic E-state index is 5.33. The number of ether oxygens (including phenoxy) is 1. The molecule has 1 aliphatic heterocycles. The van der Waals surface area contributed by atoms with Gasteiger partial charge in [-0.05, 0) is 44.1 Å². The summed E-state index contributed by atoms with van der Waals surface area (Å²) in [5.74, 6) is 0. The van der Waals surface area contributed by atoms with Crippen LogP contribution in [0.25, 0.3) is 0 Å². The van der Waals surface area contributed by atoms with E-state index in [1.807, 2.05) is 6.21 Å². The van der Waals surface area contributed by atoms with Gasteiger partial charge < -0.3 is 10.1 Å². The van der Waals surface area contributed by atoms with Gasteiger partial charge in [-0.2, -0.15) is 5.10 Å². The van der Waals surface area contributed by atoms with Crippen LogP contribution in [0.1, 0.15) is 22.3 Å². The normalized spacial score (nSPS) is 15.8. The molecule has 126 valence electrons. The SMILES string of the molecule is Cc1cc(C)c(/C=N/NC(=S)NCCN2CCOCC2)c(C)c1. The molecule has 1 heterocycles. The molecule has 1 aromatic carbocycles. The van der Waals surface area contributed by atoms with Gasteiger partial charge in [0.1, 0.15) is 0 Å². The first-order valence-corrected chi connectivity index (χ1v) is 8.42. The van der Waals surface area contributed by atoms with Crippen LogP contribution in [0.4, 0.5) is 0 Å². The third-order valence-electron chi connectivity index (χ3n) is 3.92. The number of rotatable bonds is 5. The lowest BCUT2D eigenvalue weighted by Gasteiger charge is -2.26. The van der Waals surface area contributed by atoms with Crippen molar-refractivity contribution in [3.8, 4) is 0 Å². The molecule has 0 unspecified atom stereocenters. The number of nitrogens with one attached hydrogen (secondary N) is 2. The fourth-order valence-corrected chi connectivity index (χ4v) is 2.90. The lowest BCUT2D eigenvalue weighted by Crippen LogP contribution is -2.42. The van der Waals surface area contributed by atoms with E-state index in [2.05, 4.69) is 53.6 Å². The van der Waals surface area contributed by atoms with Gasteiger partial charge in [-0.25, -0.2) is 0 Å². The number of hydrogen-bond acceptors (Lipinski definition) is 4. The molecule has 1 saturated heterocycles. The van der Waals surface area contributed by atoms with E-state index in [0.29, 0.717) is 5.11 Å². The van der Waals surface area contributed by atoms with E-state index in [1.165, 1.54) is 16.7 Å². The quantitative estimate of drug-likeness (QED) is 0.488. The fourth-order valence-electron chi connectivity index (χ4n) is 2.74. The predicted molar refractivity (Wildman–Crippen MR) is 99.2 cm³/mol. The van der Waals surface area contributed by atoms with Crippen LogP contribution >= 0.6 is 12.2 Å². The van der Waals surface area contributed by atoms with E-state index >= 15 is 0 Å². The number of hydrazone groups is 1. The molecule has 0 saturated carbocycles. The summed E-state index contributed by atoms with van der Waals surface area (Å²) >= 11 is 5.24. The highest BCUT2D eigenvalue weighted by Gasteiger charge is 2.09. The molecule has 2 rings (SSSR count). The Morgan fingerprint density at radius 3 is 2.57 bits per heavy atom. The molecule has 0 radical (unpaired) electrons. The largest absolute Gasteiger partial charge is 0.379 e. The van der Waals surface area contributed by atoms with Crippen molar-refractivity contribution >= 4 is 23.5 Å². The maximum atomic E-state index is 5.33. The Morgan fingerprint density at radius 2 is 1.91 bits per heavy atom. The molecular weight excluding hydrogens is 308 g/mol. The van der Waals surface area contributed by atoms with Gasteiger partial charge in [0, 0.05) is 31.7 Å². The van der Waals surface area contributed by atoms with Crippen LogP contribution in [-0.2, 0) is 4.74 Å². The minimum Gasteiger partial charge on any atom is -0.379 e. The van der Waals surface area contributed by atoms with Crippen molar-refractivity contribution in [3.05, 3.63) is 34.4 Å². The molecule has 2 N–H and O–H groups in total. The molecule has 0 bridgehead atoms. The van der Waals surface area contributed by atoms with Gasteiger partial charge in [0.25, 0.3) is 0 Å². The van der Waals surface area contributed by atoms with Crippen LogP contribution in [-0.4, -0.2) is 55.6 Å². The highest BCUT2D eigenvalue weighted by atomic mass is 32.1. The third-order valence-corrected chi connectivity index (χ3v) is 4.15. The van der Waals surface area contributed by atoms with Crippen LogP contribution in [0.5, 0.6) is 0 Å². The van der Waals surface area contributed by atoms with Crippen LogP contribution < -0.4 is 10.7 Å². The molecule has 1 aliphatic rings. The lowest BCUT2D eigenvalue weighted by atomic mass is 10.0. The summed E-state index contributed by atoms with van der Waals surface area (Å²) < 4.78 is 5.33. The Hall–Kier alpha value is -1.50. The highest BCUT2D eigenvalue weighted by molar-refractivity contribution is 7.80. The average molecular weight is 334 g/mol. The molecule has 23 heavy (non-hydrogen) atoms. The van der Waals surface area contributed by atoms with E-state index < -0.39 is 0 Å². The van der Waals surface area contributed by atoms with E-state index in [1.54, 1.807) is 0 Å². The number of thiocarbonyl (C=S) groups is 1. The number of hydrogen-bond donors (Lipinski definition) is 2. The molecule has 0 amide bonds. The molecule has 5 nitrogen and oxygen atoms in total. The van der Waals surface area contributed by atoms with Gasteiger partial charge in [-0.1, -0.05) is 17.7 Å². The fraction of sp³-hybridized carbons (Fsp3) is 0.529. The molecule has 0 aromatic heterocycles. The standard InChI is InChI=1S/C17H26N4OS/c1-13-10-14(2)16(15(3)11-13)12-19-20-17(23)18-4-5-21-6-8-22-9-7-21/h10-12H,4-9H2,1-3H3,(H2,18,20,23)/b19-12+. The van der Waals surface area contributed by atoms with Crippen LogP contribution in [0.2, 0.25) is 0 Å². The zero-order chi connectivity index (χ0) is 16.7. The van der Waals surface area contributed by atoms with Gasteiger partial charge in [0.15, 0.2) is 5.11 Å². The van der Waals surface area contributed by atoms with Crippen molar-refractivity contribution in [1.82, 2.24) is 15.6 Å². The summed E-state index contributed by atoms with van der Waals surface area (Å²) in [4.78, 5) is 2.36. The van der Waals surface area contributed by atoms with Gasteiger partial charge in [0.05, 0.1) is 19.4 Å². The monoisotopic (exact) mass is 334 g/mol. The summed E-state index contributed by atoms with van der Waals surface area (Å²) in [6.45, 7) is 11.7. The molecule has 0 aliphatic carbocycles. The Morgan fingerprint density at radius 1 is 1.26 bits per heavy atom. The molecule has 0 spiro atoms. The Bertz CT molecular complexity index is 545. The van der Waals surface area contributed by atoms with Gasteiger partial charge in [-0.3, -0.25) is 10.3 Å². The molecular formula is C17H26N4OS. The molecule has 6 heteroatoms. The highest BCUT2D eigenvalue weighted by Crippen LogP contribution is 2.13. The molecule has 0 atom stereocenters. The number of aryl methyl sites for hydroxylation is 3. The lowest BCUT2D eigenvalue weighted by molar-refractivity contribution is 0.0389. The maximum Gasteiger partial charge on any atom is 0.187 e. The summed E-state index contributed by atoms with van der Waals surface area (Å²) in [5, 5.41) is 7.98. The number of morpholine rings is 1. The van der Waals surface area contributed by atoms with Crippen molar-refractivity contribution in [2.75, 3.05) is 39.4 Å². The Balaban J connectivity index is 1.73. The molecule has 1 aromatic rings. The van der Waals surface area contributed by atoms with Crippen LogP contribution in [0, 0.1) is 20.8 Å². The van der Waals surface area contributed by atoms with E-state index in [9.17, 15) is 0 Å². The van der Waals surface area contributed by atoms with Crippen molar-refractivity contribution in [2.24, 2.45) is 5.10 Å². The summed E-state index contributed by atoms with van der Waals surface area (Å²) in [7, 11) is 0. The number of nitrogens with zero attached hydrogens (tertiary/aromatic N) is 2.